The summed E-state index contributed by atoms with van der Waals surface area (Å²) in [6.45, 7) is 3.14. The molecule has 0 aliphatic rings. The minimum atomic E-state index is -0.352. The van der Waals surface area contributed by atoms with E-state index in [-0.39, 0.29) is 31.2 Å². The highest BCUT2D eigenvalue weighted by molar-refractivity contribution is 7.12. The summed E-state index contributed by atoms with van der Waals surface area (Å²) in [6.07, 6.45) is 0.330. The third-order valence-electron chi connectivity index (χ3n) is 2.05. The zero-order valence-corrected chi connectivity index (χ0v) is 10.6. The summed E-state index contributed by atoms with van der Waals surface area (Å²) in [4.78, 5) is 23.5. The normalized spacial score (nSPS) is 10.2. The fourth-order valence-electron chi connectivity index (χ4n) is 1.21. The first-order chi connectivity index (χ1) is 8.24. The Bertz CT molecular complexity index is 345. The van der Waals surface area contributed by atoms with E-state index in [1.165, 1.54) is 11.3 Å². The summed E-state index contributed by atoms with van der Waals surface area (Å²) >= 11 is 1.39. The van der Waals surface area contributed by atoms with Crippen LogP contribution in [0.25, 0.3) is 0 Å². The van der Waals surface area contributed by atoms with Crippen LogP contribution in [0.2, 0.25) is 0 Å². The van der Waals surface area contributed by atoms with Crippen molar-refractivity contribution >= 4 is 23.1 Å². The van der Waals surface area contributed by atoms with Gasteiger partial charge in [0, 0.05) is 13.0 Å². The third-order valence-corrected chi connectivity index (χ3v) is 2.96. The maximum absolute atomic E-state index is 11.6. The van der Waals surface area contributed by atoms with Crippen LogP contribution < -0.4 is 0 Å². The predicted octanol–water partition coefficient (Wildman–Crippen LogP) is 2.29. The van der Waals surface area contributed by atoms with E-state index in [1.807, 2.05) is 18.4 Å². The van der Waals surface area contributed by atoms with Crippen LogP contribution in [0.3, 0.4) is 0 Å². The van der Waals surface area contributed by atoms with Gasteiger partial charge in [-0.05, 0) is 18.4 Å². The van der Waals surface area contributed by atoms with Crippen molar-refractivity contribution in [3.05, 3.63) is 22.4 Å². The molecular formula is C12H16O4S. The van der Waals surface area contributed by atoms with E-state index in [0.29, 0.717) is 18.1 Å². The molecular weight excluding hydrogens is 240 g/mol. The molecule has 1 aromatic heterocycles. The number of ketones is 1. The fourth-order valence-corrected chi connectivity index (χ4v) is 1.90. The molecule has 4 nitrogen and oxygen atoms in total. The summed E-state index contributed by atoms with van der Waals surface area (Å²) in [5.74, 6) is -0.364. The van der Waals surface area contributed by atoms with Gasteiger partial charge in [-0.15, -0.1) is 11.3 Å². The van der Waals surface area contributed by atoms with Crippen LogP contribution in [-0.4, -0.2) is 31.6 Å². The second-order valence-electron chi connectivity index (χ2n) is 3.32. The molecule has 0 aromatic carbocycles. The molecule has 0 unspecified atom stereocenters. The van der Waals surface area contributed by atoms with Gasteiger partial charge in [-0.3, -0.25) is 9.59 Å². The van der Waals surface area contributed by atoms with E-state index >= 15 is 0 Å². The van der Waals surface area contributed by atoms with Crippen molar-refractivity contribution in [3.8, 4) is 0 Å². The lowest BCUT2D eigenvalue weighted by Crippen LogP contribution is -2.11. The second kappa shape index (κ2) is 7.97. The zero-order valence-electron chi connectivity index (χ0n) is 9.81. The Morgan fingerprint density at radius 1 is 1.29 bits per heavy atom. The highest BCUT2D eigenvalue weighted by Gasteiger charge is 2.10. The summed E-state index contributed by atoms with van der Waals surface area (Å²) in [7, 11) is 0. The topological polar surface area (TPSA) is 52.6 Å². The number of Topliss-reactive ketones (excluding diaryl/α,β-unsaturated/α-hetero) is 1. The van der Waals surface area contributed by atoms with Gasteiger partial charge in [-0.1, -0.05) is 6.07 Å². The molecule has 0 N–H and O–H groups in total. The minimum Gasteiger partial charge on any atom is -0.463 e. The van der Waals surface area contributed by atoms with Crippen molar-refractivity contribution in [1.29, 1.82) is 0 Å². The Balaban J connectivity index is 2.13. The fraction of sp³-hybridized carbons (Fsp3) is 0.500. The van der Waals surface area contributed by atoms with Crippen molar-refractivity contribution in [2.45, 2.75) is 19.8 Å². The molecule has 5 heteroatoms. The number of hydrogen-bond donors (Lipinski definition) is 0. The van der Waals surface area contributed by atoms with Gasteiger partial charge in [0.1, 0.15) is 6.61 Å². The lowest BCUT2D eigenvalue weighted by atomic mass is 10.2. The Kier molecular flexibility index (Phi) is 6.50. The number of hydrogen-bond acceptors (Lipinski definition) is 5. The van der Waals surface area contributed by atoms with Crippen molar-refractivity contribution in [2.75, 3.05) is 19.8 Å². The van der Waals surface area contributed by atoms with Crippen LogP contribution in [0.1, 0.15) is 29.4 Å². The Morgan fingerprint density at radius 2 is 2.12 bits per heavy atom. The van der Waals surface area contributed by atoms with Crippen molar-refractivity contribution < 1.29 is 19.1 Å². The standard InChI is InChI=1S/C12H16O4S/c1-2-15-7-8-16-12(14)6-5-10(13)11-4-3-9-17-11/h3-4,9H,2,5-8H2,1H3. The number of thiophene rings is 1. The van der Waals surface area contributed by atoms with E-state index in [4.69, 9.17) is 9.47 Å². The monoisotopic (exact) mass is 256 g/mol. The predicted molar refractivity (Wildman–Crippen MR) is 65.3 cm³/mol. The van der Waals surface area contributed by atoms with Gasteiger partial charge in [0.05, 0.1) is 17.9 Å². The van der Waals surface area contributed by atoms with Gasteiger partial charge in [0.2, 0.25) is 0 Å². The lowest BCUT2D eigenvalue weighted by molar-refractivity contribution is -0.145. The molecule has 0 atom stereocenters. The van der Waals surface area contributed by atoms with Crippen LogP contribution in [0.5, 0.6) is 0 Å². The highest BCUT2D eigenvalue weighted by atomic mass is 32.1. The first-order valence-corrected chi connectivity index (χ1v) is 6.42. The molecule has 0 amide bonds. The third kappa shape index (κ3) is 5.60. The molecule has 0 saturated carbocycles. The maximum Gasteiger partial charge on any atom is 0.306 e. The minimum absolute atomic E-state index is 0.0123. The molecule has 94 valence electrons. The van der Waals surface area contributed by atoms with E-state index < -0.39 is 0 Å². The van der Waals surface area contributed by atoms with E-state index in [0.717, 1.165) is 0 Å². The molecule has 0 fully saturated rings. The SMILES string of the molecule is CCOCCOC(=O)CCC(=O)c1cccs1. The number of rotatable bonds is 8. The molecule has 0 saturated heterocycles. The molecule has 1 aromatic rings. The first kappa shape index (κ1) is 13.9. The number of carbonyl (C=O) groups is 2. The van der Waals surface area contributed by atoms with Crippen molar-refractivity contribution in [2.24, 2.45) is 0 Å². The molecule has 17 heavy (non-hydrogen) atoms. The van der Waals surface area contributed by atoms with Crippen LogP contribution >= 0.6 is 11.3 Å². The van der Waals surface area contributed by atoms with Crippen molar-refractivity contribution in [1.82, 2.24) is 0 Å². The van der Waals surface area contributed by atoms with Crippen LogP contribution in [-0.2, 0) is 14.3 Å². The zero-order chi connectivity index (χ0) is 12.5. The summed E-state index contributed by atoms with van der Waals surface area (Å²) in [5, 5.41) is 1.84. The van der Waals surface area contributed by atoms with E-state index in [9.17, 15) is 9.59 Å². The summed E-state index contributed by atoms with van der Waals surface area (Å²) in [5.41, 5.74) is 0. The number of ether oxygens (including phenoxy) is 2. The maximum atomic E-state index is 11.6. The molecule has 0 aliphatic carbocycles. The van der Waals surface area contributed by atoms with Gasteiger partial charge in [-0.25, -0.2) is 0 Å². The quantitative estimate of drug-likeness (QED) is 0.407. The van der Waals surface area contributed by atoms with Crippen LogP contribution in [0, 0.1) is 0 Å². The average molecular weight is 256 g/mol. The van der Waals surface area contributed by atoms with Gasteiger partial charge < -0.3 is 9.47 Å². The van der Waals surface area contributed by atoms with Gasteiger partial charge in [0.25, 0.3) is 0 Å². The Labute approximate surface area is 105 Å². The molecule has 0 radical (unpaired) electrons. The van der Waals surface area contributed by atoms with Gasteiger partial charge in [0.15, 0.2) is 5.78 Å². The van der Waals surface area contributed by atoms with E-state index in [1.54, 1.807) is 6.07 Å². The highest BCUT2D eigenvalue weighted by Crippen LogP contribution is 2.12. The first-order valence-electron chi connectivity index (χ1n) is 5.54. The van der Waals surface area contributed by atoms with Gasteiger partial charge in [-0.2, -0.15) is 0 Å². The molecule has 1 rings (SSSR count). The second-order valence-corrected chi connectivity index (χ2v) is 4.27. The van der Waals surface area contributed by atoms with Crippen LogP contribution in [0.15, 0.2) is 17.5 Å². The largest absolute Gasteiger partial charge is 0.463 e. The van der Waals surface area contributed by atoms with Crippen LogP contribution in [0.4, 0.5) is 0 Å². The summed E-state index contributed by atoms with van der Waals surface area (Å²) < 4.78 is 9.92. The molecule has 0 bridgehead atoms. The van der Waals surface area contributed by atoms with Crippen molar-refractivity contribution in [3.63, 3.8) is 0 Å². The average Bonchev–Trinajstić information content (AvgIpc) is 2.85. The summed E-state index contributed by atoms with van der Waals surface area (Å²) in [6, 6.07) is 3.58. The number of esters is 1. The van der Waals surface area contributed by atoms with E-state index in [2.05, 4.69) is 0 Å². The molecule has 0 aliphatic heterocycles. The Hall–Kier alpha value is -1.20. The lowest BCUT2D eigenvalue weighted by Gasteiger charge is -2.04. The molecule has 0 spiro atoms. The number of carbonyl (C=O) groups excluding carboxylic acids is 2. The molecule has 1 heterocycles. The smallest absolute Gasteiger partial charge is 0.306 e. The van der Waals surface area contributed by atoms with Gasteiger partial charge >= 0.3 is 5.97 Å². The Morgan fingerprint density at radius 3 is 2.76 bits per heavy atom.